The van der Waals surface area contributed by atoms with E-state index in [-0.39, 0.29) is 33.9 Å². The fourth-order valence-electron chi connectivity index (χ4n) is 14.9. The molecule has 15 rings (SSSR count). The molecule has 0 saturated heterocycles. The number of aromatic nitrogens is 1. The summed E-state index contributed by atoms with van der Waals surface area (Å²) in [6.07, 6.45) is 4.68. The molecule has 0 amide bonds. The minimum absolute atomic E-state index is 0.0372. The van der Waals surface area contributed by atoms with Gasteiger partial charge in [-0.3, -0.25) is 0 Å². The summed E-state index contributed by atoms with van der Waals surface area (Å²) < 4.78 is 10.3. The average molecular weight is 909 g/mol. The first-order chi connectivity index (χ1) is 33.4. The monoisotopic (exact) mass is 908 g/mol. The van der Waals surface area contributed by atoms with Crippen LogP contribution in [0.4, 0.5) is 11.4 Å². The fourth-order valence-corrected chi connectivity index (χ4v) is 14.9. The molecule has 2 aromatic heterocycles. The van der Waals surface area contributed by atoms with Crippen molar-refractivity contribution in [2.45, 2.75) is 129 Å². The minimum Gasteiger partial charge on any atom is -0.455 e. The van der Waals surface area contributed by atoms with Crippen molar-refractivity contribution in [1.29, 1.82) is 0 Å². The summed E-state index contributed by atoms with van der Waals surface area (Å²) in [4.78, 5) is 2.78. The van der Waals surface area contributed by atoms with Gasteiger partial charge in [-0.15, -0.1) is 0 Å². The fraction of sp³-hybridized carbons (Fsp3) is 0.303. The van der Waals surface area contributed by atoms with E-state index in [1.54, 1.807) is 0 Å². The van der Waals surface area contributed by atoms with Gasteiger partial charge < -0.3 is 13.8 Å². The highest BCUT2D eigenvalue weighted by molar-refractivity contribution is 6.94. The molecule has 2 aliphatic heterocycles. The summed E-state index contributed by atoms with van der Waals surface area (Å²) in [5, 5.41) is 7.58. The summed E-state index contributed by atoms with van der Waals surface area (Å²) >= 11 is 0. The Balaban J connectivity index is 1.15. The van der Waals surface area contributed by atoms with Crippen LogP contribution in [-0.4, -0.2) is 11.4 Å². The number of nitrogens with zero attached hydrogens (tertiary/aromatic N) is 2. The Hall–Kier alpha value is -6.52. The first-order valence-corrected chi connectivity index (χ1v) is 26.1. The van der Waals surface area contributed by atoms with Gasteiger partial charge >= 0.3 is 6.85 Å². The molecule has 4 heteroatoms. The predicted molar refractivity (Wildman–Crippen MR) is 297 cm³/mol. The van der Waals surface area contributed by atoms with Crippen LogP contribution >= 0.6 is 0 Å². The molecule has 0 bridgehead atoms. The third-order valence-corrected chi connectivity index (χ3v) is 19.2. The van der Waals surface area contributed by atoms with Gasteiger partial charge in [0.2, 0.25) is 0 Å². The zero-order chi connectivity index (χ0) is 47.9. The highest BCUT2D eigenvalue weighted by Gasteiger charge is 2.50. The van der Waals surface area contributed by atoms with E-state index >= 15 is 0 Å². The van der Waals surface area contributed by atoms with Crippen LogP contribution in [0.2, 0.25) is 0 Å². The van der Waals surface area contributed by atoms with Crippen molar-refractivity contribution in [2.24, 2.45) is 0 Å². The first kappa shape index (κ1) is 41.3. The number of furan rings is 1. The molecular formula is C66H61BN2O. The van der Waals surface area contributed by atoms with Crippen LogP contribution in [0, 0.1) is 6.92 Å². The largest absolute Gasteiger partial charge is 0.455 e. The van der Waals surface area contributed by atoms with Crippen molar-refractivity contribution in [3.63, 3.8) is 0 Å². The standard InChI is InChI=1S/C66H61BN2O/c1-36-29-46-48(64(6,7)27-25-62(46,2)3)34-53(36)69-52-24-23-40-43-32-47-49(65(8,9)28-26-63(47,4)5)35-55(43)70-61(40)57(52)44-33-50-56(41-19-14-15-21-45(41)66(50,10)11)60-58(44)67(69)51-22-16-20-39-42-30-37-17-12-13-18-38(37)31-54(42)68(60)59(39)51/h12-24,29-35H,25-28H2,1-11H3. The summed E-state index contributed by atoms with van der Waals surface area (Å²) in [5.74, 6) is 0. The van der Waals surface area contributed by atoms with E-state index in [9.17, 15) is 0 Å². The van der Waals surface area contributed by atoms with Crippen LogP contribution < -0.4 is 15.7 Å². The second-order valence-corrected chi connectivity index (χ2v) is 25.4. The number of fused-ring (bicyclic) bond motifs is 18. The molecule has 0 atom stereocenters. The smallest absolute Gasteiger partial charge is 0.333 e. The van der Waals surface area contributed by atoms with Gasteiger partial charge in [0.25, 0.3) is 0 Å². The lowest BCUT2D eigenvalue weighted by Gasteiger charge is -2.46. The molecule has 0 saturated carbocycles. The lowest BCUT2D eigenvalue weighted by atomic mass is 9.43. The normalized spacial score (nSPS) is 19.1. The number of para-hydroxylation sites is 1. The number of anilines is 2. The number of benzene rings is 8. The van der Waals surface area contributed by atoms with Crippen molar-refractivity contribution in [3.05, 3.63) is 160 Å². The third kappa shape index (κ3) is 4.98. The minimum atomic E-state index is -0.235. The Labute approximate surface area is 412 Å². The van der Waals surface area contributed by atoms with Gasteiger partial charge in [-0.2, -0.15) is 0 Å². The Morgan fingerprint density at radius 1 is 0.486 bits per heavy atom. The Morgan fingerprint density at radius 2 is 1.13 bits per heavy atom. The van der Waals surface area contributed by atoms with Gasteiger partial charge in [-0.1, -0.05) is 142 Å². The Morgan fingerprint density at radius 3 is 1.86 bits per heavy atom. The lowest BCUT2D eigenvalue weighted by Crippen LogP contribution is -2.61. The highest BCUT2D eigenvalue weighted by Crippen LogP contribution is 2.58. The van der Waals surface area contributed by atoms with Crippen molar-refractivity contribution in [3.8, 4) is 27.9 Å². The molecular weight excluding hydrogens is 848 g/mol. The molecule has 0 fully saturated rings. The second kappa shape index (κ2) is 12.9. The van der Waals surface area contributed by atoms with Crippen molar-refractivity contribution < 1.29 is 4.42 Å². The molecule has 70 heavy (non-hydrogen) atoms. The van der Waals surface area contributed by atoms with Gasteiger partial charge in [0.05, 0.1) is 16.7 Å². The van der Waals surface area contributed by atoms with Crippen LogP contribution in [0.5, 0.6) is 0 Å². The average Bonchev–Trinajstić information content (AvgIpc) is 3.94. The molecule has 3 aliphatic carbocycles. The van der Waals surface area contributed by atoms with Crippen LogP contribution in [-0.2, 0) is 27.1 Å². The van der Waals surface area contributed by atoms with E-state index in [2.05, 4.69) is 207 Å². The van der Waals surface area contributed by atoms with Gasteiger partial charge in [-0.25, -0.2) is 0 Å². The molecule has 4 heterocycles. The number of rotatable bonds is 1. The van der Waals surface area contributed by atoms with E-state index in [1.807, 2.05) is 0 Å². The first-order valence-electron chi connectivity index (χ1n) is 26.1. The Bertz CT molecular complexity index is 4070. The number of hydrogen-bond donors (Lipinski definition) is 0. The van der Waals surface area contributed by atoms with Gasteiger partial charge in [0.1, 0.15) is 11.2 Å². The van der Waals surface area contributed by atoms with E-state index in [0.29, 0.717) is 0 Å². The molecule has 0 radical (unpaired) electrons. The van der Waals surface area contributed by atoms with Crippen LogP contribution in [0.25, 0.3) is 82.5 Å². The van der Waals surface area contributed by atoms with E-state index < -0.39 is 0 Å². The topological polar surface area (TPSA) is 21.3 Å². The lowest BCUT2D eigenvalue weighted by molar-refractivity contribution is 0.332. The van der Waals surface area contributed by atoms with Crippen LogP contribution in [0.1, 0.15) is 134 Å². The summed E-state index contributed by atoms with van der Waals surface area (Å²) in [5.41, 5.74) is 26.4. The second-order valence-electron chi connectivity index (χ2n) is 25.4. The van der Waals surface area contributed by atoms with Gasteiger partial charge in [-0.05, 0) is 175 Å². The predicted octanol–water partition coefficient (Wildman–Crippen LogP) is 16.4. The zero-order valence-corrected chi connectivity index (χ0v) is 42.8. The Kier molecular flexibility index (Phi) is 7.59. The molecule has 0 unspecified atom stereocenters. The van der Waals surface area contributed by atoms with E-state index in [0.717, 1.165) is 24.0 Å². The quantitative estimate of drug-likeness (QED) is 0.153. The summed E-state index contributed by atoms with van der Waals surface area (Å²) in [7, 11) is 0. The highest BCUT2D eigenvalue weighted by atomic mass is 16.3. The maximum atomic E-state index is 7.56. The van der Waals surface area contributed by atoms with Crippen molar-refractivity contribution in [1.82, 2.24) is 4.57 Å². The van der Waals surface area contributed by atoms with E-state index in [4.69, 9.17) is 4.42 Å². The molecule has 3 nitrogen and oxygen atoms in total. The van der Waals surface area contributed by atoms with Gasteiger partial charge in [0, 0.05) is 49.5 Å². The SMILES string of the molecule is Cc1cc2c(cc1N1B3c4c(cc5c(c4-n4c6cc7ccccc7cc6c6cccc3c64)-c3ccccc3C5(C)C)-c3c1ccc1c3oc3cc4c(cc31)C(C)(C)CCC4(C)C)C(C)(C)CCC2(C)C. The van der Waals surface area contributed by atoms with Crippen LogP contribution in [0.3, 0.4) is 0 Å². The molecule has 0 spiro atoms. The van der Waals surface area contributed by atoms with Crippen molar-refractivity contribution >= 4 is 83.7 Å². The van der Waals surface area contributed by atoms with Crippen molar-refractivity contribution in [2.75, 3.05) is 4.81 Å². The maximum Gasteiger partial charge on any atom is 0.333 e. The van der Waals surface area contributed by atoms with Crippen LogP contribution in [0.15, 0.2) is 126 Å². The maximum absolute atomic E-state index is 7.56. The molecule has 0 N–H and O–H groups in total. The molecule has 344 valence electrons. The summed E-state index contributed by atoms with van der Waals surface area (Å²) in [6.45, 7) is 26.8. The zero-order valence-electron chi connectivity index (χ0n) is 42.8. The van der Waals surface area contributed by atoms with Gasteiger partial charge in [0.15, 0.2) is 0 Å². The number of hydrogen-bond acceptors (Lipinski definition) is 2. The third-order valence-electron chi connectivity index (χ3n) is 19.2. The molecule has 5 aliphatic rings. The molecule has 8 aromatic carbocycles. The van der Waals surface area contributed by atoms with E-state index in [1.165, 1.54) is 145 Å². The number of aryl methyl sites for hydroxylation is 1. The summed E-state index contributed by atoms with van der Waals surface area (Å²) in [6, 6.07) is 48.0. The molecule has 10 aromatic rings.